The lowest BCUT2D eigenvalue weighted by atomic mass is 9.70. The smallest absolute Gasteiger partial charge is 0.0541 e. The SMILES string of the molecule is Cc1ccc2c(c1)-c1cc(C)ccc1C2(CCCCCCCCc1ccc2c(c1)c1ccccc1n2-c1ccc(-n2c3ccccc3c3ccccc32)cc1)CCCCCCCCc1ccc2c(c1)c1ccccc1n2-c1ccc(-n2c3ccccc3c3ccccc32)cc1. The van der Waals surface area contributed by atoms with E-state index >= 15 is 0 Å². The summed E-state index contributed by atoms with van der Waals surface area (Å²) in [5.41, 5.74) is 26.6. The number of hydrogen-bond acceptors (Lipinski definition) is 0. The molecule has 0 amide bonds. The van der Waals surface area contributed by atoms with E-state index in [9.17, 15) is 0 Å². The number of fused-ring (bicyclic) bond motifs is 15. The second-order valence-corrected chi connectivity index (χ2v) is 27.6. The van der Waals surface area contributed by atoms with Gasteiger partial charge in [-0.15, -0.1) is 0 Å². The zero-order valence-corrected chi connectivity index (χ0v) is 55.0. The lowest BCUT2D eigenvalue weighted by molar-refractivity contribution is 0.397. The van der Waals surface area contributed by atoms with Gasteiger partial charge in [0.25, 0.3) is 0 Å². The molecule has 0 aliphatic heterocycles. The number of aromatic nitrogens is 4. The Hall–Kier alpha value is -10.2. The molecule has 0 saturated heterocycles. The van der Waals surface area contributed by atoms with Crippen LogP contribution >= 0.6 is 0 Å². The minimum Gasteiger partial charge on any atom is -0.309 e. The fourth-order valence-electron chi connectivity index (χ4n) is 17.1. The fraction of sp³-hybridized carbons (Fsp3) is 0.209. The summed E-state index contributed by atoms with van der Waals surface area (Å²) in [6.07, 6.45) is 20.0. The van der Waals surface area contributed by atoms with Crippen LogP contribution < -0.4 is 0 Å². The number of hydrogen-bond donors (Lipinski definition) is 0. The summed E-state index contributed by atoms with van der Waals surface area (Å²) in [5, 5.41) is 10.5. The van der Waals surface area contributed by atoms with E-state index in [2.05, 4.69) is 299 Å². The first-order chi connectivity index (χ1) is 47.0. The number of nitrogens with zero attached hydrogens (tertiary/aromatic N) is 4. The van der Waals surface area contributed by atoms with E-state index in [0.29, 0.717) is 0 Å². The van der Waals surface area contributed by atoms with Crippen LogP contribution in [0.4, 0.5) is 0 Å². The average molecular weight is 1230 g/mol. The van der Waals surface area contributed by atoms with Crippen molar-refractivity contribution >= 4 is 87.2 Å². The van der Waals surface area contributed by atoms with Crippen molar-refractivity contribution in [2.75, 3.05) is 0 Å². The Morgan fingerprint density at radius 1 is 0.232 bits per heavy atom. The molecule has 0 saturated carbocycles. The summed E-state index contributed by atoms with van der Waals surface area (Å²) in [6.45, 7) is 4.54. The molecule has 0 spiro atoms. The first-order valence-corrected chi connectivity index (χ1v) is 35.4. The molecular formula is C91H82N4. The van der Waals surface area contributed by atoms with Crippen molar-refractivity contribution in [3.63, 3.8) is 0 Å². The molecule has 4 aromatic heterocycles. The quantitative estimate of drug-likeness (QED) is 0.0603. The summed E-state index contributed by atoms with van der Waals surface area (Å²) in [5.74, 6) is 0. The summed E-state index contributed by atoms with van der Waals surface area (Å²) < 4.78 is 9.72. The molecule has 0 bridgehead atoms. The molecule has 0 atom stereocenters. The summed E-state index contributed by atoms with van der Waals surface area (Å²) >= 11 is 0. The van der Waals surface area contributed by atoms with Gasteiger partial charge < -0.3 is 18.3 Å². The van der Waals surface area contributed by atoms with E-state index in [4.69, 9.17) is 0 Å². The van der Waals surface area contributed by atoms with E-state index in [1.54, 1.807) is 11.1 Å². The lowest BCUT2D eigenvalue weighted by Gasteiger charge is -2.33. The van der Waals surface area contributed by atoms with Gasteiger partial charge in [-0.2, -0.15) is 0 Å². The Kier molecular flexibility index (Phi) is 15.4. The van der Waals surface area contributed by atoms with Crippen molar-refractivity contribution < 1.29 is 0 Å². The number of benzene rings is 12. The van der Waals surface area contributed by atoms with Gasteiger partial charge in [-0.3, -0.25) is 0 Å². The normalized spacial score (nSPS) is 12.9. The third kappa shape index (κ3) is 10.4. The molecule has 95 heavy (non-hydrogen) atoms. The molecule has 12 aromatic carbocycles. The van der Waals surface area contributed by atoms with Crippen molar-refractivity contribution in [2.45, 2.75) is 122 Å². The van der Waals surface area contributed by atoms with E-state index in [-0.39, 0.29) is 5.41 Å². The molecule has 4 heterocycles. The Labute approximate surface area is 558 Å². The summed E-state index contributed by atoms with van der Waals surface area (Å²) in [6, 6.07) is 101. The van der Waals surface area contributed by atoms with Crippen LogP contribution in [-0.4, -0.2) is 18.3 Å². The van der Waals surface area contributed by atoms with Gasteiger partial charge in [-0.1, -0.05) is 233 Å². The van der Waals surface area contributed by atoms with Gasteiger partial charge in [-0.05, 0) is 195 Å². The van der Waals surface area contributed by atoms with Crippen LogP contribution in [0.15, 0.2) is 267 Å². The van der Waals surface area contributed by atoms with Gasteiger partial charge >= 0.3 is 0 Å². The van der Waals surface area contributed by atoms with Gasteiger partial charge in [0, 0.05) is 71.3 Å². The van der Waals surface area contributed by atoms with Crippen LogP contribution in [-0.2, 0) is 18.3 Å². The predicted octanol–water partition coefficient (Wildman–Crippen LogP) is 24.9. The molecule has 0 unspecified atom stereocenters. The van der Waals surface area contributed by atoms with Gasteiger partial charge in [0.15, 0.2) is 0 Å². The van der Waals surface area contributed by atoms with Crippen LogP contribution in [0.5, 0.6) is 0 Å². The number of rotatable bonds is 22. The van der Waals surface area contributed by atoms with Crippen LogP contribution in [0.1, 0.15) is 123 Å². The zero-order valence-electron chi connectivity index (χ0n) is 55.0. The van der Waals surface area contributed by atoms with Crippen molar-refractivity contribution in [1.82, 2.24) is 18.3 Å². The van der Waals surface area contributed by atoms with Crippen molar-refractivity contribution in [2.24, 2.45) is 0 Å². The first kappa shape index (κ1) is 58.6. The van der Waals surface area contributed by atoms with Crippen molar-refractivity contribution in [3.05, 3.63) is 300 Å². The average Bonchev–Trinajstić information content (AvgIpc) is 1.58. The maximum Gasteiger partial charge on any atom is 0.0541 e. The molecule has 0 radical (unpaired) electrons. The number of unbranched alkanes of at least 4 members (excludes halogenated alkanes) is 10. The molecular weight excluding hydrogens is 1150 g/mol. The highest BCUT2D eigenvalue weighted by Crippen LogP contribution is 2.55. The molecule has 4 heteroatoms. The highest BCUT2D eigenvalue weighted by atomic mass is 15.0. The topological polar surface area (TPSA) is 19.7 Å². The monoisotopic (exact) mass is 1230 g/mol. The minimum absolute atomic E-state index is 0.0867. The Morgan fingerprint density at radius 3 is 0.811 bits per heavy atom. The van der Waals surface area contributed by atoms with E-state index < -0.39 is 0 Å². The number of aryl methyl sites for hydroxylation is 4. The summed E-state index contributed by atoms with van der Waals surface area (Å²) in [7, 11) is 0. The zero-order chi connectivity index (χ0) is 63.4. The maximum absolute atomic E-state index is 2.51. The van der Waals surface area contributed by atoms with E-state index in [0.717, 1.165) is 12.8 Å². The molecule has 466 valence electrons. The van der Waals surface area contributed by atoms with E-state index in [1.165, 1.54) is 233 Å². The largest absolute Gasteiger partial charge is 0.309 e. The third-order valence-electron chi connectivity index (χ3n) is 21.7. The molecule has 1 aliphatic carbocycles. The van der Waals surface area contributed by atoms with Gasteiger partial charge in [0.2, 0.25) is 0 Å². The van der Waals surface area contributed by atoms with E-state index in [1.807, 2.05) is 0 Å². The number of para-hydroxylation sites is 6. The Bertz CT molecular complexity index is 5080. The third-order valence-corrected chi connectivity index (χ3v) is 21.7. The molecule has 16 aromatic rings. The second kappa shape index (κ2) is 25.0. The molecule has 0 fully saturated rings. The molecule has 1 aliphatic rings. The molecule has 0 N–H and O–H groups in total. The van der Waals surface area contributed by atoms with Crippen molar-refractivity contribution in [1.29, 1.82) is 0 Å². The standard InChI is InChI=1S/C91H82N4/c1-63-41-53-81-77(59-63)78-60-64(2)42-54-82(78)91(81,57-25-9-5-3-7-11-27-65-43-55-89-79(61-65)75-33-17-23-39-87(75)94(89)69-49-45-67(46-50-69)92-83-35-19-13-29-71(83)72-30-14-20-36-84(72)92)58-26-10-6-4-8-12-28-66-44-56-90-80(62-66)76-34-18-24-40-88(76)95(90)70-51-47-68(48-52-70)93-85-37-21-15-31-73(85)74-32-16-22-38-86(74)93/h13-24,29-56,59-62H,3-12,25-28,57-58H2,1-2H3. The first-order valence-electron chi connectivity index (χ1n) is 35.4. The van der Waals surface area contributed by atoms with Crippen LogP contribution in [0.3, 0.4) is 0 Å². The van der Waals surface area contributed by atoms with Crippen LogP contribution in [0.2, 0.25) is 0 Å². The lowest BCUT2D eigenvalue weighted by Crippen LogP contribution is -2.25. The maximum atomic E-state index is 2.51. The Balaban J connectivity index is 0.512. The molecule has 17 rings (SSSR count). The highest BCUT2D eigenvalue weighted by Gasteiger charge is 2.42. The van der Waals surface area contributed by atoms with Gasteiger partial charge in [0.1, 0.15) is 0 Å². The van der Waals surface area contributed by atoms with Gasteiger partial charge in [0.05, 0.1) is 44.1 Å². The minimum atomic E-state index is 0.0867. The molecule has 4 nitrogen and oxygen atoms in total. The highest BCUT2D eigenvalue weighted by molar-refractivity contribution is 6.12. The summed E-state index contributed by atoms with van der Waals surface area (Å²) in [4.78, 5) is 0. The second-order valence-electron chi connectivity index (χ2n) is 27.6. The Morgan fingerprint density at radius 2 is 0.495 bits per heavy atom. The van der Waals surface area contributed by atoms with Crippen LogP contribution in [0.25, 0.3) is 121 Å². The predicted molar refractivity (Wildman–Crippen MR) is 404 cm³/mol. The van der Waals surface area contributed by atoms with Crippen LogP contribution in [0, 0.1) is 13.8 Å². The van der Waals surface area contributed by atoms with Crippen molar-refractivity contribution in [3.8, 4) is 33.9 Å². The fourth-order valence-corrected chi connectivity index (χ4v) is 17.1. The van der Waals surface area contributed by atoms with Gasteiger partial charge in [-0.25, -0.2) is 0 Å².